The molecule has 6 heteroatoms. The number of allylic oxidation sites excluding steroid dienone is 6. The molecule has 0 rings (SSSR count). The van der Waals surface area contributed by atoms with Crippen molar-refractivity contribution in [3.63, 3.8) is 0 Å². The third-order valence-electron chi connectivity index (χ3n) is 12.2. The van der Waals surface area contributed by atoms with Crippen LogP contribution in [0.2, 0.25) is 0 Å². The highest BCUT2D eigenvalue weighted by Gasteiger charge is 2.24. The number of rotatable bonds is 48. The lowest BCUT2D eigenvalue weighted by Gasteiger charge is -2.24. The molecule has 0 heterocycles. The Morgan fingerprint density at radius 2 is 0.885 bits per heavy atom. The SMILES string of the molecule is CC/C=C/C/C=C/C/C=C/CCCCCCC(CC(=O)NC(CO)C(O)CCCCCCCCCCCCCCC)OC(=O)CCCCCCCCCCCCCCCCC. The van der Waals surface area contributed by atoms with Crippen molar-refractivity contribution in [2.75, 3.05) is 6.61 Å². The number of unbranched alkanes of at least 4 members (excludes halogenated alkanes) is 30. The van der Waals surface area contributed by atoms with Crippen LogP contribution in [0.15, 0.2) is 36.5 Å². The highest BCUT2D eigenvalue weighted by atomic mass is 16.5. The Morgan fingerprint density at radius 1 is 0.492 bits per heavy atom. The highest BCUT2D eigenvalue weighted by Crippen LogP contribution is 2.18. The number of carbonyl (C=O) groups is 2. The lowest BCUT2D eigenvalue weighted by atomic mass is 10.0. The maximum atomic E-state index is 13.2. The summed E-state index contributed by atoms with van der Waals surface area (Å²) in [6.07, 6.45) is 57.7. The summed E-state index contributed by atoms with van der Waals surface area (Å²) in [7, 11) is 0. The fraction of sp³-hybridized carbons (Fsp3) is 0.855. The summed E-state index contributed by atoms with van der Waals surface area (Å²) in [5.74, 6) is -0.483. The van der Waals surface area contributed by atoms with Gasteiger partial charge in [0.05, 0.1) is 25.2 Å². The molecule has 0 aliphatic carbocycles. The van der Waals surface area contributed by atoms with Crippen LogP contribution in [0.4, 0.5) is 0 Å². The molecule has 1 amide bonds. The molecular formula is C55H103NO5. The Balaban J connectivity index is 4.57. The van der Waals surface area contributed by atoms with Gasteiger partial charge >= 0.3 is 5.97 Å². The van der Waals surface area contributed by atoms with Gasteiger partial charge in [0, 0.05) is 6.42 Å². The summed E-state index contributed by atoms with van der Waals surface area (Å²) < 4.78 is 5.94. The van der Waals surface area contributed by atoms with Crippen molar-refractivity contribution in [3.05, 3.63) is 36.5 Å². The fourth-order valence-electron chi connectivity index (χ4n) is 8.21. The molecular weight excluding hydrogens is 755 g/mol. The molecule has 0 aromatic rings. The Bertz CT molecular complexity index is 1010. The zero-order valence-corrected chi connectivity index (χ0v) is 40.8. The molecule has 0 saturated heterocycles. The monoisotopic (exact) mass is 858 g/mol. The number of nitrogens with one attached hydrogen (secondary N) is 1. The number of hydrogen-bond acceptors (Lipinski definition) is 5. The van der Waals surface area contributed by atoms with Crippen molar-refractivity contribution in [1.82, 2.24) is 5.32 Å². The standard InChI is InChI=1S/C55H103NO5/c1-4-7-10-13-16-19-22-25-27-30-33-36-39-42-45-48-55(60)61-51(46-43-40-37-34-31-29-26-23-20-17-14-11-8-5-2)49-54(59)56-52(50-57)53(58)47-44-41-38-35-32-28-24-21-18-15-12-9-6-3/h8,11,17,20,26,29,51-53,57-58H,4-7,9-10,12-16,18-19,21-25,27-28,30-50H2,1-3H3,(H,56,59)/b11-8+,20-17+,29-26+. The first kappa shape index (κ1) is 59.1. The van der Waals surface area contributed by atoms with E-state index in [2.05, 4.69) is 62.5 Å². The number of ether oxygens (including phenoxy) is 1. The van der Waals surface area contributed by atoms with E-state index in [1.165, 1.54) is 141 Å². The zero-order valence-electron chi connectivity index (χ0n) is 40.8. The minimum Gasteiger partial charge on any atom is -0.462 e. The Labute approximate surface area is 379 Å². The van der Waals surface area contributed by atoms with E-state index in [0.717, 1.165) is 89.9 Å². The number of amides is 1. The van der Waals surface area contributed by atoms with E-state index in [1.807, 2.05) is 0 Å². The van der Waals surface area contributed by atoms with E-state index in [-0.39, 0.29) is 24.9 Å². The number of carbonyl (C=O) groups excluding carboxylic acids is 2. The number of aliphatic hydroxyl groups excluding tert-OH is 2. The van der Waals surface area contributed by atoms with Crippen molar-refractivity contribution in [2.45, 2.75) is 296 Å². The Morgan fingerprint density at radius 3 is 1.34 bits per heavy atom. The predicted molar refractivity (Wildman–Crippen MR) is 264 cm³/mol. The second-order valence-corrected chi connectivity index (χ2v) is 18.3. The van der Waals surface area contributed by atoms with E-state index in [0.29, 0.717) is 19.3 Å². The smallest absolute Gasteiger partial charge is 0.306 e. The molecule has 358 valence electrons. The summed E-state index contributed by atoms with van der Waals surface area (Å²) in [6.45, 7) is 6.38. The van der Waals surface area contributed by atoms with Gasteiger partial charge in [-0.3, -0.25) is 9.59 Å². The van der Waals surface area contributed by atoms with Crippen LogP contribution in [0.25, 0.3) is 0 Å². The van der Waals surface area contributed by atoms with E-state index in [9.17, 15) is 19.8 Å². The molecule has 0 radical (unpaired) electrons. The van der Waals surface area contributed by atoms with Crippen LogP contribution in [0, 0.1) is 0 Å². The Hall–Kier alpha value is -1.92. The number of hydrogen-bond donors (Lipinski definition) is 3. The van der Waals surface area contributed by atoms with E-state index < -0.39 is 18.2 Å². The van der Waals surface area contributed by atoms with Gasteiger partial charge in [0.2, 0.25) is 5.91 Å². The largest absolute Gasteiger partial charge is 0.462 e. The maximum Gasteiger partial charge on any atom is 0.306 e. The van der Waals surface area contributed by atoms with Crippen LogP contribution in [-0.4, -0.2) is 46.9 Å². The molecule has 0 aliphatic heterocycles. The van der Waals surface area contributed by atoms with Crippen LogP contribution in [-0.2, 0) is 14.3 Å². The van der Waals surface area contributed by atoms with Crippen LogP contribution < -0.4 is 5.32 Å². The minimum atomic E-state index is -0.791. The maximum absolute atomic E-state index is 13.2. The third kappa shape index (κ3) is 44.5. The molecule has 3 atom stereocenters. The molecule has 3 unspecified atom stereocenters. The molecule has 0 aromatic heterocycles. The van der Waals surface area contributed by atoms with Gasteiger partial charge in [-0.15, -0.1) is 0 Å². The van der Waals surface area contributed by atoms with Crippen molar-refractivity contribution in [3.8, 4) is 0 Å². The number of esters is 1. The van der Waals surface area contributed by atoms with Gasteiger partial charge in [0.15, 0.2) is 0 Å². The summed E-state index contributed by atoms with van der Waals surface area (Å²) in [6, 6.07) is -0.706. The van der Waals surface area contributed by atoms with Crippen molar-refractivity contribution in [1.29, 1.82) is 0 Å². The molecule has 0 bridgehead atoms. The van der Waals surface area contributed by atoms with E-state index in [4.69, 9.17) is 4.74 Å². The van der Waals surface area contributed by atoms with Crippen molar-refractivity contribution >= 4 is 11.9 Å². The molecule has 0 fully saturated rings. The lowest BCUT2D eigenvalue weighted by molar-refractivity contribution is -0.151. The average Bonchev–Trinajstić information content (AvgIpc) is 3.25. The van der Waals surface area contributed by atoms with Crippen LogP contribution in [0.3, 0.4) is 0 Å². The molecule has 0 spiro atoms. The summed E-state index contributed by atoms with van der Waals surface area (Å²) in [4.78, 5) is 26.2. The van der Waals surface area contributed by atoms with Crippen LogP contribution >= 0.6 is 0 Å². The first-order valence-corrected chi connectivity index (χ1v) is 26.7. The Kier molecular flexibility index (Phi) is 47.6. The van der Waals surface area contributed by atoms with Gasteiger partial charge in [0.25, 0.3) is 0 Å². The first-order valence-electron chi connectivity index (χ1n) is 26.7. The van der Waals surface area contributed by atoms with E-state index in [1.54, 1.807) is 0 Å². The second-order valence-electron chi connectivity index (χ2n) is 18.3. The molecule has 6 nitrogen and oxygen atoms in total. The van der Waals surface area contributed by atoms with Gasteiger partial charge in [-0.2, -0.15) is 0 Å². The van der Waals surface area contributed by atoms with E-state index >= 15 is 0 Å². The predicted octanol–water partition coefficient (Wildman–Crippen LogP) is 16.1. The number of aliphatic hydroxyl groups is 2. The molecule has 0 aromatic carbocycles. The van der Waals surface area contributed by atoms with Gasteiger partial charge in [-0.05, 0) is 57.8 Å². The third-order valence-corrected chi connectivity index (χ3v) is 12.2. The average molecular weight is 858 g/mol. The van der Waals surface area contributed by atoms with Gasteiger partial charge < -0.3 is 20.3 Å². The van der Waals surface area contributed by atoms with Crippen LogP contribution in [0.5, 0.6) is 0 Å². The zero-order chi connectivity index (χ0) is 44.5. The highest BCUT2D eigenvalue weighted by molar-refractivity contribution is 5.77. The van der Waals surface area contributed by atoms with Gasteiger partial charge in [-0.1, -0.05) is 243 Å². The molecule has 61 heavy (non-hydrogen) atoms. The summed E-state index contributed by atoms with van der Waals surface area (Å²) in [5, 5.41) is 23.8. The normalized spacial score (nSPS) is 13.5. The van der Waals surface area contributed by atoms with Crippen LogP contribution in [0.1, 0.15) is 278 Å². The first-order chi connectivity index (χ1) is 30.0. The fourth-order valence-corrected chi connectivity index (χ4v) is 8.21. The van der Waals surface area contributed by atoms with Gasteiger partial charge in [0.1, 0.15) is 6.10 Å². The van der Waals surface area contributed by atoms with Crippen molar-refractivity contribution < 1.29 is 24.5 Å². The lowest BCUT2D eigenvalue weighted by Crippen LogP contribution is -2.46. The van der Waals surface area contributed by atoms with Gasteiger partial charge in [-0.25, -0.2) is 0 Å². The minimum absolute atomic E-state index is 0.0665. The second kappa shape index (κ2) is 49.1. The molecule has 0 aliphatic rings. The summed E-state index contributed by atoms with van der Waals surface area (Å²) >= 11 is 0. The summed E-state index contributed by atoms with van der Waals surface area (Å²) in [5.41, 5.74) is 0. The topological polar surface area (TPSA) is 95.9 Å². The molecule has 3 N–H and O–H groups in total. The quantitative estimate of drug-likeness (QED) is 0.0322. The molecule has 0 saturated carbocycles. The van der Waals surface area contributed by atoms with Crippen molar-refractivity contribution in [2.24, 2.45) is 0 Å².